The Hall–Kier alpha value is -2.84. The zero-order valence-corrected chi connectivity index (χ0v) is 12.8. The first-order valence-corrected chi connectivity index (χ1v) is 7.54. The van der Waals surface area contributed by atoms with Crippen LogP contribution in [0.2, 0.25) is 0 Å². The third kappa shape index (κ3) is 3.50. The maximum absolute atomic E-state index is 11.4. The van der Waals surface area contributed by atoms with Gasteiger partial charge in [0.2, 0.25) is 5.13 Å². The maximum atomic E-state index is 11.4. The number of pyridine rings is 1. The van der Waals surface area contributed by atoms with E-state index in [1.54, 1.807) is 23.8 Å². The van der Waals surface area contributed by atoms with Gasteiger partial charge >= 0.3 is 0 Å². The van der Waals surface area contributed by atoms with Crippen molar-refractivity contribution in [3.63, 3.8) is 0 Å². The quantitative estimate of drug-likeness (QED) is 0.552. The number of carbonyl (C=O) groups is 1. The van der Waals surface area contributed by atoms with Crippen molar-refractivity contribution >= 4 is 28.4 Å². The summed E-state index contributed by atoms with van der Waals surface area (Å²) in [4.78, 5) is 21.9. The molecule has 2 heterocycles. The van der Waals surface area contributed by atoms with Crippen LogP contribution < -0.4 is 10.4 Å². The Morgan fingerprint density at radius 1 is 1.17 bits per heavy atom. The molecule has 0 saturated carbocycles. The van der Waals surface area contributed by atoms with Gasteiger partial charge in [0.25, 0.3) is 5.91 Å². The van der Waals surface area contributed by atoms with Crippen LogP contribution in [0.3, 0.4) is 0 Å². The van der Waals surface area contributed by atoms with Gasteiger partial charge in [-0.15, -0.1) is 0 Å². The molecule has 0 atom stereocenters. The third-order valence-corrected chi connectivity index (χ3v) is 3.85. The van der Waals surface area contributed by atoms with Crippen LogP contribution in [0.4, 0.5) is 10.9 Å². The van der Waals surface area contributed by atoms with Crippen LogP contribution >= 0.6 is 11.5 Å². The van der Waals surface area contributed by atoms with Gasteiger partial charge in [-0.3, -0.25) is 14.9 Å². The average Bonchev–Trinajstić information content (AvgIpc) is 3.14. The fourth-order valence-electron chi connectivity index (χ4n) is 2.05. The molecule has 8 heteroatoms. The van der Waals surface area contributed by atoms with Gasteiger partial charge in [0.05, 0.1) is 6.54 Å². The van der Waals surface area contributed by atoms with Gasteiger partial charge in [0.15, 0.2) is 0 Å². The summed E-state index contributed by atoms with van der Waals surface area (Å²) in [5.41, 5.74) is 2.97. The molecule has 0 aliphatic heterocycles. The standard InChI is InChI=1S/C15H13N5O2S/c21-14(19-22)12-6-4-11(5-7-12)9-20(15-17-10-18-23-15)13-3-1-2-8-16-13/h1-8,10,22H,9H2,(H,19,21). The van der Waals surface area contributed by atoms with E-state index < -0.39 is 5.91 Å². The smallest absolute Gasteiger partial charge is 0.274 e. The van der Waals surface area contributed by atoms with Crippen molar-refractivity contribution in [3.8, 4) is 0 Å². The molecule has 0 spiro atoms. The van der Waals surface area contributed by atoms with Crippen molar-refractivity contribution in [2.75, 3.05) is 4.90 Å². The van der Waals surface area contributed by atoms with Crippen LogP contribution in [-0.2, 0) is 6.54 Å². The summed E-state index contributed by atoms with van der Waals surface area (Å²) in [6, 6.07) is 12.6. The van der Waals surface area contributed by atoms with Crippen molar-refractivity contribution in [1.29, 1.82) is 0 Å². The van der Waals surface area contributed by atoms with E-state index in [-0.39, 0.29) is 0 Å². The zero-order valence-electron chi connectivity index (χ0n) is 12.0. The minimum Gasteiger partial charge on any atom is -0.297 e. The SMILES string of the molecule is O=C(NO)c1ccc(CN(c2ccccn2)c2ncns2)cc1. The number of aromatic nitrogens is 3. The van der Waals surface area contributed by atoms with Gasteiger partial charge in [-0.25, -0.2) is 15.4 Å². The molecule has 3 rings (SSSR count). The van der Waals surface area contributed by atoms with E-state index in [0.29, 0.717) is 12.1 Å². The number of nitrogens with zero attached hydrogens (tertiary/aromatic N) is 4. The number of benzene rings is 1. The molecule has 2 aromatic heterocycles. The second-order valence-corrected chi connectivity index (χ2v) is 5.39. The summed E-state index contributed by atoms with van der Waals surface area (Å²) in [5, 5.41) is 9.38. The van der Waals surface area contributed by atoms with Crippen LogP contribution in [0.5, 0.6) is 0 Å². The molecule has 0 saturated heterocycles. The van der Waals surface area contributed by atoms with Crippen LogP contribution in [0.15, 0.2) is 55.0 Å². The summed E-state index contributed by atoms with van der Waals surface area (Å²) >= 11 is 1.28. The Labute approximate surface area is 136 Å². The number of anilines is 2. The van der Waals surface area contributed by atoms with E-state index in [1.807, 2.05) is 35.2 Å². The molecule has 3 aromatic rings. The van der Waals surface area contributed by atoms with Crippen LogP contribution in [0.25, 0.3) is 0 Å². The van der Waals surface area contributed by atoms with Gasteiger partial charge in [-0.1, -0.05) is 18.2 Å². The summed E-state index contributed by atoms with van der Waals surface area (Å²) in [7, 11) is 0. The van der Waals surface area contributed by atoms with Crippen molar-refractivity contribution in [3.05, 3.63) is 66.1 Å². The number of carbonyl (C=O) groups excluding carboxylic acids is 1. The molecule has 0 aliphatic carbocycles. The highest BCUT2D eigenvalue weighted by Gasteiger charge is 2.14. The highest BCUT2D eigenvalue weighted by atomic mass is 32.1. The van der Waals surface area contributed by atoms with Crippen molar-refractivity contribution in [1.82, 2.24) is 19.8 Å². The topological polar surface area (TPSA) is 91.2 Å². The van der Waals surface area contributed by atoms with E-state index in [4.69, 9.17) is 5.21 Å². The molecule has 23 heavy (non-hydrogen) atoms. The fraction of sp³-hybridized carbons (Fsp3) is 0.0667. The van der Waals surface area contributed by atoms with E-state index in [9.17, 15) is 4.79 Å². The van der Waals surface area contributed by atoms with Gasteiger partial charge < -0.3 is 0 Å². The molecule has 1 aromatic carbocycles. The second kappa shape index (κ2) is 6.95. The Morgan fingerprint density at radius 2 is 2.00 bits per heavy atom. The van der Waals surface area contributed by atoms with E-state index in [0.717, 1.165) is 16.5 Å². The molecule has 7 nitrogen and oxygen atoms in total. The molecular formula is C15H13N5O2S. The maximum Gasteiger partial charge on any atom is 0.274 e. The van der Waals surface area contributed by atoms with Crippen molar-refractivity contribution < 1.29 is 10.0 Å². The molecule has 0 aliphatic rings. The number of amides is 1. The molecular weight excluding hydrogens is 314 g/mol. The minimum atomic E-state index is -0.540. The van der Waals surface area contributed by atoms with Gasteiger partial charge in [-0.05, 0) is 29.8 Å². The molecule has 0 bridgehead atoms. The summed E-state index contributed by atoms with van der Waals surface area (Å²) in [6.07, 6.45) is 3.22. The Balaban J connectivity index is 1.86. The van der Waals surface area contributed by atoms with Gasteiger partial charge in [0, 0.05) is 23.3 Å². The lowest BCUT2D eigenvalue weighted by atomic mass is 10.1. The summed E-state index contributed by atoms with van der Waals surface area (Å²) in [5.74, 6) is 0.226. The predicted octanol–water partition coefficient (Wildman–Crippen LogP) is 2.39. The van der Waals surface area contributed by atoms with Crippen LogP contribution in [0, 0.1) is 0 Å². The Bertz CT molecular complexity index is 762. The number of hydrogen-bond acceptors (Lipinski definition) is 7. The minimum absolute atomic E-state index is 0.386. The monoisotopic (exact) mass is 327 g/mol. The zero-order chi connectivity index (χ0) is 16.1. The average molecular weight is 327 g/mol. The fourth-order valence-corrected chi connectivity index (χ4v) is 2.59. The van der Waals surface area contributed by atoms with E-state index in [1.165, 1.54) is 17.9 Å². The third-order valence-electron chi connectivity index (χ3n) is 3.16. The van der Waals surface area contributed by atoms with E-state index in [2.05, 4.69) is 14.3 Å². The molecule has 2 N–H and O–H groups in total. The van der Waals surface area contributed by atoms with Gasteiger partial charge in [-0.2, -0.15) is 4.37 Å². The molecule has 0 radical (unpaired) electrons. The predicted molar refractivity (Wildman–Crippen MR) is 85.7 cm³/mol. The number of rotatable bonds is 5. The first-order chi connectivity index (χ1) is 11.3. The largest absolute Gasteiger partial charge is 0.297 e. The number of hydroxylamine groups is 1. The number of hydrogen-bond donors (Lipinski definition) is 2. The van der Waals surface area contributed by atoms with Crippen LogP contribution in [-0.4, -0.2) is 25.5 Å². The molecule has 116 valence electrons. The molecule has 0 fully saturated rings. The van der Waals surface area contributed by atoms with E-state index >= 15 is 0 Å². The highest BCUT2D eigenvalue weighted by Crippen LogP contribution is 2.26. The Kier molecular flexibility index (Phi) is 4.55. The summed E-state index contributed by atoms with van der Waals surface area (Å²) < 4.78 is 4.04. The van der Waals surface area contributed by atoms with Crippen molar-refractivity contribution in [2.45, 2.75) is 6.54 Å². The number of nitrogens with one attached hydrogen (secondary N) is 1. The second-order valence-electron chi connectivity index (χ2n) is 4.64. The van der Waals surface area contributed by atoms with Gasteiger partial charge in [0.1, 0.15) is 12.1 Å². The lowest BCUT2D eigenvalue weighted by Crippen LogP contribution is -2.19. The van der Waals surface area contributed by atoms with Crippen LogP contribution in [0.1, 0.15) is 15.9 Å². The van der Waals surface area contributed by atoms with Crippen molar-refractivity contribution in [2.24, 2.45) is 0 Å². The molecule has 0 unspecified atom stereocenters. The normalized spacial score (nSPS) is 10.3. The Morgan fingerprint density at radius 3 is 2.61 bits per heavy atom. The first-order valence-electron chi connectivity index (χ1n) is 6.76. The summed E-state index contributed by atoms with van der Waals surface area (Å²) in [6.45, 7) is 0.535. The highest BCUT2D eigenvalue weighted by molar-refractivity contribution is 7.09. The lowest BCUT2D eigenvalue weighted by molar-refractivity contribution is 0.0706. The first kappa shape index (κ1) is 15.1. The lowest BCUT2D eigenvalue weighted by Gasteiger charge is -2.20. The molecule has 1 amide bonds.